The Morgan fingerprint density at radius 3 is 1.63 bits per heavy atom. The first-order valence-electron chi connectivity index (χ1n) is 14.5. The number of hydrogen-bond acceptors (Lipinski definition) is 1. The van der Waals surface area contributed by atoms with E-state index in [9.17, 15) is 0 Å². The molecular formula is C39H25N3S. The maximum absolute atomic E-state index is 6.17. The average Bonchev–Trinajstić information content (AvgIpc) is 3.62. The van der Waals surface area contributed by atoms with Crippen molar-refractivity contribution in [1.82, 2.24) is 13.5 Å². The summed E-state index contributed by atoms with van der Waals surface area (Å²) in [6, 6.07) is 54.1. The summed E-state index contributed by atoms with van der Waals surface area (Å²) in [4.78, 5) is 0. The predicted octanol–water partition coefficient (Wildman–Crippen LogP) is 10.5. The van der Waals surface area contributed by atoms with E-state index in [2.05, 4.69) is 159 Å². The first-order chi connectivity index (χ1) is 21.3. The molecule has 0 radical (unpaired) electrons. The van der Waals surface area contributed by atoms with Gasteiger partial charge in [-0.15, -0.1) is 0 Å². The number of fused-ring (bicyclic) bond motifs is 8. The van der Waals surface area contributed by atoms with Crippen molar-refractivity contribution in [3.63, 3.8) is 0 Å². The molecule has 0 amide bonds. The van der Waals surface area contributed by atoms with Crippen LogP contribution in [0, 0.1) is 4.77 Å². The lowest BCUT2D eigenvalue weighted by Crippen LogP contribution is -2.05. The van der Waals surface area contributed by atoms with Crippen molar-refractivity contribution in [2.45, 2.75) is 0 Å². The molecule has 0 fully saturated rings. The van der Waals surface area contributed by atoms with Gasteiger partial charge in [0.25, 0.3) is 0 Å². The second-order valence-electron chi connectivity index (χ2n) is 11.0. The van der Waals surface area contributed by atoms with E-state index in [0.717, 1.165) is 32.4 Å². The van der Waals surface area contributed by atoms with Crippen molar-refractivity contribution < 1.29 is 0 Å². The maximum Gasteiger partial charge on any atom is 0.190 e. The number of para-hydroxylation sites is 4. The van der Waals surface area contributed by atoms with Gasteiger partial charge in [-0.3, -0.25) is 8.97 Å². The highest BCUT2D eigenvalue weighted by Gasteiger charge is 2.16. The van der Waals surface area contributed by atoms with Gasteiger partial charge >= 0.3 is 0 Å². The molecule has 0 aliphatic heterocycles. The van der Waals surface area contributed by atoms with E-state index in [-0.39, 0.29) is 0 Å². The highest BCUT2D eigenvalue weighted by Crippen LogP contribution is 2.37. The number of hydrogen-bond donors (Lipinski definition) is 0. The molecule has 202 valence electrons. The zero-order valence-electron chi connectivity index (χ0n) is 23.2. The van der Waals surface area contributed by atoms with Crippen molar-refractivity contribution in [2.75, 3.05) is 0 Å². The fourth-order valence-corrected chi connectivity index (χ4v) is 7.11. The zero-order chi connectivity index (χ0) is 28.5. The highest BCUT2D eigenvalue weighted by atomic mass is 32.1. The van der Waals surface area contributed by atoms with Gasteiger partial charge in [-0.1, -0.05) is 84.9 Å². The summed E-state index contributed by atoms with van der Waals surface area (Å²) in [5.74, 6) is 0. The molecule has 3 nitrogen and oxygen atoms in total. The minimum absolute atomic E-state index is 0.762. The fraction of sp³-hybridized carbons (Fsp3) is 0. The molecule has 43 heavy (non-hydrogen) atoms. The lowest BCUT2D eigenvalue weighted by atomic mass is 10.0. The summed E-state index contributed by atoms with van der Waals surface area (Å²) < 4.78 is 7.54. The SMILES string of the molecule is S=c1n(-c2ccccc2)c2ccc(-c3ccc4c(c3)c3ccccc3n4-c3ccccc3)cc2c2cc3ccccc3n12. The van der Waals surface area contributed by atoms with Crippen molar-refractivity contribution in [3.05, 3.63) is 156 Å². The molecule has 0 atom stereocenters. The van der Waals surface area contributed by atoms with Gasteiger partial charge in [-0.05, 0) is 90.1 Å². The van der Waals surface area contributed by atoms with Crippen LogP contribution in [0.4, 0.5) is 0 Å². The third-order valence-electron chi connectivity index (χ3n) is 8.64. The van der Waals surface area contributed by atoms with Gasteiger partial charge in [0, 0.05) is 32.9 Å². The van der Waals surface area contributed by atoms with E-state index in [1.54, 1.807) is 0 Å². The monoisotopic (exact) mass is 567 g/mol. The zero-order valence-corrected chi connectivity index (χ0v) is 24.0. The third-order valence-corrected chi connectivity index (χ3v) is 9.01. The maximum atomic E-state index is 6.17. The Kier molecular flexibility index (Phi) is 5.22. The normalized spacial score (nSPS) is 11.8. The molecule has 6 aromatic carbocycles. The second-order valence-corrected chi connectivity index (χ2v) is 11.4. The van der Waals surface area contributed by atoms with E-state index in [0.29, 0.717) is 0 Å². The van der Waals surface area contributed by atoms with Gasteiger partial charge in [0.15, 0.2) is 4.77 Å². The first kappa shape index (κ1) is 24.2. The molecule has 0 aliphatic rings. The Balaban J connectivity index is 1.33. The fourth-order valence-electron chi connectivity index (χ4n) is 6.71. The minimum Gasteiger partial charge on any atom is -0.309 e. The molecule has 0 saturated heterocycles. The van der Waals surface area contributed by atoms with Gasteiger partial charge < -0.3 is 4.57 Å². The third kappa shape index (κ3) is 3.57. The lowest BCUT2D eigenvalue weighted by molar-refractivity contribution is 0.984. The Morgan fingerprint density at radius 2 is 0.907 bits per heavy atom. The smallest absolute Gasteiger partial charge is 0.190 e. The van der Waals surface area contributed by atoms with Crippen LogP contribution < -0.4 is 0 Å². The van der Waals surface area contributed by atoms with Crippen LogP contribution >= 0.6 is 12.2 Å². The lowest BCUT2D eigenvalue weighted by Gasteiger charge is -2.16. The van der Waals surface area contributed by atoms with Crippen LogP contribution in [0.15, 0.2) is 152 Å². The van der Waals surface area contributed by atoms with E-state index < -0.39 is 0 Å². The van der Waals surface area contributed by atoms with Crippen LogP contribution in [0.1, 0.15) is 0 Å². The molecule has 9 rings (SSSR count). The largest absolute Gasteiger partial charge is 0.309 e. The molecule has 0 aliphatic carbocycles. The molecule has 0 unspecified atom stereocenters. The van der Waals surface area contributed by atoms with E-state index in [1.165, 1.54) is 44.0 Å². The Hall–Kier alpha value is -5.45. The van der Waals surface area contributed by atoms with E-state index in [4.69, 9.17) is 12.2 Å². The number of rotatable bonds is 3. The molecule has 3 heterocycles. The van der Waals surface area contributed by atoms with Crippen LogP contribution in [0.2, 0.25) is 0 Å². The molecule has 0 N–H and O–H groups in total. The molecule has 0 saturated carbocycles. The van der Waals surface area contributed by atoms with Crippen LogP contribution in [0.25, 0.3) is 71.6 Å². The van der Waals surface area contributed by atoms with Gasteiger partial charge in [-0.25, -0.2) is 0 Å². The molecule has 0 spiro atoms. The van der Waals surface area contributed by atoms with Crippen LogP contribution in [0.5, 0.6) is 0 Å². The van der Waals surface area contributed by atoms with Crippen molar-refractivity contribution >= 4 is 61.3 Å². The van der Waals surface area contributed by atoms with Gasteiger partial charge in [0.2, 0.25) is 0 Å². The number of aromatic nitrogens is 3. The molecule has 4 heteroatoms. The van der Waals surface area contributed by atoms with Gasteiger partial charge in [0.1, 0.15) is 0 Å². The van der Waals surface area contributed by atoms with Crippen molar-refractivity contribution in [1.29, 1.82) is 0 Å². The standard InChI is InChI=1S/C39H25N3S/c43-39-41(30-14-5-2-6-15-30)37-22-20-27(24-33(37)38-25-28-11-7-9-17-34(28)42(38)39)26-19-21-36-32(23-26)31-16-8-10-18-35(31)40(36)29-12-3-1-4-13-29/h1-25H. The minimum atomic E-state index is 0.762. The number of nitrogens with zero attached hydrogens (tertiary/aromatic N) is 3. The molecule has 3 aromatic heterocycles. The van der Waals surface area contributed by atoms with Crippen molar-refractivity contribution in [2.24, 2.45) is 0 Å². The average molecular weight is 568 g/mol. The highest BCUT2D eigenvalue weighted by molar-refractivity contribution is 7.71. The Morgan fingerprint density at radius 1 is 0.372 bits per heavy atom. The summed E-state index contributed by atoms with van der Waals surface area (Å²) in [6.45, 7) is 0. The van der Waals surface area contributed by atoms with Crippen LogP contribution in [-0.2, 0) is 0 Å². The molecular weight excluding hydrogens is 543 g/mol. The number of benzene rings is 6. The van der Waals surface area contributed by atoms with Gasteiger partial charge in [0.05, 0.1) is 27.6 Å². The summed E-state index contributed by atoms with van der Waals surface area (Å²) in [5.41, 5.74) is 10.3. The first-order valence-corrected chi connectivity index (χ1v) is 14.9. The topological polar surface area (TPSA) is 14.3 Å². The second kappa shape index (κ2) is 9.28. The van der Waals surface area contributed by atoms with Crippen molar-refractivity contribution in [3.8, 4) is 22.5 Å². The van der Waals surface area contributed by atoms with E-state index >= 15 is 0 Å². The van der Waals surface area contributed by atoms with Gasteiger partial charge in [-0.2, -0.15) is 0 Å². The summed E-state index contributed by atoms with van der Waals surface area (Å²) in [7, 11) is 0. The van der Waals surface area contributed by atoms with Crippen LogP contribution in [-0.4, -0.2) is 13.5 Å². The Labute approximate surface area is 253 Å². The summed E-state index contributed by atoms with van der Waals surface area (Å²) in [6.07, 6.45) is 0. The van der Waals surface area contributed by atoms with Crippen LogP contribution in [0.3, 0.4) is 0 Å². The molecule has 9 aromatic rings. The predicted molar refractivity (Wildman–Crippen MR) is 182 cm³/mol. The summed E-state index contributed by atoms with van der Waals surface area (Å²) >= 11 is 6.17. The summed E-state index contributed by atoms with van der Waals surface area (Å²) in [5, 5.41) is 4.84. The Bertz CT molecular complexity index is 2570. The van der Waals surface area contributed by atoms with E-state index in [1.807, 2.05) is 6.07 Å². The molecule has 0 bridgehead atoms. The quantitative estimate of drug-likeness (QED) is 0.194.